The molecule has 3 unspecified atom stereocenters. The van der Waals surface area contributed by atoms with E-state index in [0.29, 0.717) is 46.8 Å². The van der Waals surface area contributed by atoms with Crippen molar-refractivity contribution in [3.8, 4) is 23.4 Å². The van der Waals surface area contributed by atoms with Crippen LogP contribution in [0.4, 0.5) is 5.69 Å². The maximum Gasteiger partial charge on any atom is 0.261 e. The second-order valence-electron chi connectivity index (χ2n) is 9.36. The summed E-state index contributed by atoms with van der Waals surface area (Å²) in [4.78, 5) is 18.4. The summed E-state index contributed by atoms with van der Waals surface area (Å²) in [5, 5.41) is 12.0. The second-order valence-corrected chi connectivity index (χ2v) is 11.5. The van der Waals surface area contributed by atoms with Gasteiger partial charge < -0.3 is 19.5 Å². The van der Waals surface area contributed by atoms with Crippen LogP contribution in [0.1, 0.15) is 34.3 Å². The van der Waals surface area contributed by atoms with Gasteiger partial charge in [-0.3, -0.25) is 4.79 Å². The van der Waals surface area contributed by atoms with E-state index in [1.807, 2.05) is 6.07 Å². The molecule has 10 heteroatoms. The van der Waals surface area contributed by atoms with Gasteiger partial charge in [0.1, 0.15) is 5.56 Å². The molecule has 2 aliphatic rings. The van der Waals surface area contributed by atoms with E-state index in [-0.39, 0.29) is 16.9 Å². The first kappa shape index (κ1) is 24.7. The molecule has 1 aromatic heterocycles. The number of rotatable bonds is 7. The van der Waals surface area contributed by atoms with Gasteiger partial charge in [0.15, 0.2) is 11.5 Å². The molecule has 2 heterocycles. The van der Waals surface area contributed by atoms with Crippen LogP contribution in [0.5, 0.6) is 17.4 Å². The molecule has 2 aromatic carbocycles. The van der Waals surface area contributed by atoms with E-state index in [0.717, 1.165) is 18.4 Å². The molecular weight excluding hydrogens is 492 g/mol. The van der Waals surface area contributed by atoms with Gasteiger partial charge in [-0.15, -0.1) is 0 Å². The number of hydrogen-bond donors (Lipinski definition) is 2. The third-order valence-corrected chi connectivity index (χ3v) is 8.11. The molecule has 2 fully saturated rings. The van der Waals surface area contributed by atoms with E-state index in [2.05, 4.69) is 16.4 Å². The molecule has 1 aliphatic heterocycles. The fourth-order valence-electron chi connectivity index (χ4n) is 4.79. The Morgan fingerprint density at radius 3 is 2.84 bits per heavy atom. The Kier molecular flexibility index (Phi) is 6.35. The minimum absolute atomic E-state index is 0.0518. The highest BCUT2D eigenvalue weighted by Gasteiger charge is 2.57. The van der Waals surface area contributed by atoms with Crippen LogP contribution in [-0.2, 0) is 19.9 Å². The normalized spacial score (nSPS) is 21.6. The highest BCUT2D eigenvalue weighted by Crippen LogP contribution is 2.59. The third-order valence-electron chi connectivity index (χ3n) is 6.96. The number of hydrogen-bond acceptors (Lipinski definition) is 8. The summed E-state index contributed by atoms with van der Waals surface area (Å²) >= 11 is 0. The van der Waals surface area contributed by atoms with Crippen molar-refractivity contribution in [2.75, 3.05) is 31.9 Å². The quantitative estimate of drug-likeness (QED) is 0.462. The first-order valence-electron chi connectivity index (χ1n) is 11.7. The standard InChI is InChI=1S/C27H26N4O5S/c1-34-24-10-17(14-28)6-7-23(24)36-26-22(11-18(15-30-26)27-8-9-35-16-19(27)13-27)25(32)31-20-4-3-5-21(12-20)37(2,29)33/h3-7,10-12,15,19,29H,8-9,13,16H2,1-2H3,(H,31,32). The molecule has 2 N–H and O–H groups in total. The van der Waals surface area contributed by atoms with Crippen LogP contribution >= 0.6 is 0 Å². The topological polar surface area (TPSA) is 134 Å². The molecule has 0 radical (unpaired) electrons. The molecule has 0 bridgehead atoms. The molecule has 3 aromatic rings. The Bertz CT molecular complexity index is 1530. The largest absolute Gasteiger partial charge is 0.493 e. The predicted molar refractivity (Wildman–Crippen MR) is 137 cm³/mol. The van der Waals surface area contributed by atoms with Crippen LogP contribution in [0.25, 0.3) is 0 Å². The number of amides is 1. The van der Waals surface area contributed by atoms with Crippen molar-refractivity contribution < 1.29 is 23.2 Å². The average molecular weight is 519 g/mol. The molecule has 1 saturated carbocycles. The zero-order valence-electron chi connectivity index (χ0n) is 20.4. The van der Waals surface area contributed by atoms with Crippen LogP contribution in [-0.4, -0.2) is 41.7 Å². The number of aromatic nitrogens is 1. The van der Waals surface area contributed by atoms with E-state index in [4.69, 9.17) is 19.0 Å². The fraction of sp³-hybridized carbons (Fsp3) is 0.296. The van der Waals surface area contributed by atoms with Gasteiger partial charge in [0, 0.05) is 41.1 Å². The molecule has 37 heavy (non-hydrogen) atoms. The van der Waals surface area contributed by atoms with Crippen molar-refractivity contribution >= 4 is 21.3 Å². The maximum atomic E-state index is 13.5. The predicted octanol–water partition coefficient (Wildman–Crippen LogP) is 4.72. The SMILES string of the molecule is COc1cc(C#N)ccc1Oc1ncc(C23CCOCC2C3)cc1C(=O)Nc1cccc(S(C)(=N)=O)c1. The van der Waals surface area contributed by atoms with Gasteiger partial charge in [0.2, 0.25) is 5.88 Å². The lowest BCUT2D eigenvalue weighted by Crippen LogP contribution is -2.23. The fourth-order valence-corrected chi connectivity index (χ4v) is 5.48. The smallest absolute Gasteiger partial charge is 0.261 e. The van der Waals surface area contributed by atoms with Gasteiger partial charge >= 0.3 is 0 Å². The number of nitrogens with one attached hydrogen (secondary N) is 2. The number of anilines is 1. The summed E-state index contributed by atoms with van der Waals surface area (Å²) in [6, 6.07) is 15.1. The number of methoxy groups -OCH3 is 1. The Labute approximate surface area is 215 Å². The summed E-state index contributed by atoms with van der Waals surface area (Å²) in [7, 11) is -1.48. The summed E-state index contributed by atoms with van der Waals surface area (Å²) in [6.07, 6.45) is 4.92. The molecule has 1 saturated heterocycles. The summed E-state index contributed by atoms with van der Waals surface area (Å²) < 4.78 is 37.1. The molecule has 1 amide bonds. The van der Waals surface area contributed by atoms with Gasteiger partial charge in [-0.1, -0.05) is 6.07 Å². The van der Waals surface area contributed by atoms with E-state index in [9.17, 15) is 14.3 Å². The van der Waals surface area contributed by atoms with Crippen LogP contribution in [0.3, 0.4) is 0 Å². The van der Waals surface area contributed by atoms with Crippen molar-refractivity contribution in [1.82, 2.24) is 4.98 Å². The van der Waals surface area contributed by atoms with E-state index in [1.165, 1.54) is 19.4 Å². The van der Waals surface area contributed by atoms with Crippen LogP contribution in [0, 0.1) is 22.0 Å². The highest BCUT2D eigenvalue weighted by atomic mass is 32.2. The minimum atomic E-state index is -2.95. The molecule has 3 atom stereocenters. The number of fused-ring (bicyclic) bond motifs is 1. The Balaban J connectivity index is 1.52. The van der Waals surface area contributed by atoms with E-state index < -0.39 is 15.6 Å². The zero-order chi connectivity index (χ0) is 26.2. The first-order chi connectivity index (χ1) is 17.7. The summed E-state index contributed by atoms with van der Waals surface area (Å²) in [5.74, 6) is 0.674. The van der Waals surface area contributed by atoms with Crippen molar-refractivity contribution in [1.29, 1.82) is 10.0 Å². The van der Waals surface area contributed by atoms with Crippen LogP contribution in [0.2, 0.25) is 0 Å². The molecule has 190 valence electrons. The van der Waals surface area contributed by atoms with E-state index in [1.54, 1.807) is 42.6 Å². The van der Waals surface area contributed by atoms with Gasteiger partial charge in [0.05, 0.1) is 35.1 Å². The Morgan fingerprint density at radius 2 is 2.11 bits per heavy atom. The highest BCUT2D eigenvalue weighted by molar-refractivity contribution is 7.91. The second kappa shape index (κ2) is 9.50. The van der Waals surface area contributed by atoms with Crippen molar-refractivity contribution in [2.45, 2.75) is 23.2 Å². The number of nitrogens with zero attached hydrogens (tertiary/aromatic N) is 2. The number of carbonyl (C=O) groups is 1. The number of pyridine rings is 1. The molecule has 0 spiro atoms. The lowest BCUT2D eigenvalue weighted by Gasteiger charge is -2.23. The number of nitriles is 1. The molecule has 9 nitrogen and oxygen atoms in total. The van der Waals surface area contributed by atoms with Crippen molar-refractivity contribution in [3.63, 3.8) is 0 Å². The first-order valence-corrected chi connectivity index (χ1v) is 13.7. The monoisotopic (exact) mass is 518 g/mol. The zero-order valence-corrected chi connectivity index (χ0v) is 21.3. The van der Waals surface area contributed by atoms with Gasteiger partial charge in [-0.05, 0) is 60.7 Å². The minimum Gasteiger partial charge on any atom is -0.493 e. The lowest BCUT2D eigenvalue weighted by molar-refractivity contribution is 0.0801. The number of benzene rings is 2. The molecule has 5 rings (SSSR count). The van der Waals surface area contributed by atoms with E-state index >= 15 is 0 Å². The van der Waals surface area contributed by atoms with Crippen molar-refractivity contribution in [3.05, 3.63) is 71.4 Å². The van der Waals surface area contributed by atoms with Gasteiger partial charge in [0.25, 0.3) is 5.91 Å². The van der Waals surface area contributed by atoms with Crippen LogP contribution in [0.15, 0.2) is 59.6 Å². The Hall–Kier alpha value is -3.94. The lowest BCUT2D eigenvalue weighted by atomic mass is 9.89. The summed E-state index contributed by atoms with van der Waals surface area (Å²) in [5.41, 5.74) is 1.95. The third kappa shape index (κ3) is 4.88. The number of carbonyl (C=O) groups excluding carboxylic acids is 1. The summed E-state index contributed by atoms with van der Waals surface area (Å²) in [6.45, 7) is 1.35. The number of ether oxygens (including phenoxy) is 3. The maximum absolute atomic E-state index is 13.5. The van der Waals surface area contributed by atoms with Gasteiger partial charge in [-0.2, -0.15) is 5.26 Å². The van der Waals surface area contributed by atoms with Crippen LogP contribution < -0.4 is 14.8 Å². The molecular formula is C27H26N4O5S. The molecule has 1 aliphatic carbocycles. The average Bonchev–Trinajstić information content (AvgIpc) is 3.65. The van der Waals surface area contributed by atoms with Crippen molar-refractivity contribution in [2.24, 2.45) is 5.92 Å². The Morgan fingerprint density at radius 1 is 1.27 bits per heavy atom. The van der Waals surface area contributed by atoms with Gasteiger partial charge in [-0.25, -0.2) is 14.0 Å².